The van der Waals surface area contributed by atoms with E-state index < -0.39 is 17.3 Å². The van der Waals surface area contributed by atoms with E-state index in [0.29, 0.717) is 6.42 Å². The summed E-state index contributed by atoms with van der Waals surface area (Å²) < 4.78 is 42.4. The SMILES string of the molecule is COC(C)(C)C(N)Cc1ccc(C(F)(F)F)cc1. The van der Waals surface area contributed by atoms with E-state index in [4.69, 9.17) is 10.5 Å². The third-order valence-corrected chi connectivity index (χ3v) is 3.16. The monoisotopic (exact) mass is 261 g/mol. The lowest BCUT2D eigenvalue weighted by Gasteiger charge is -2.30. The number of alkyl halides is 3. The number of rotatable bonds is 4. The molecule has 1 unspecified atom stereocenters. The molecule has 0 spiro atoms. The van der Waals surface area contributed by atoms with Gasteiger partial charge in [-0.3, -0.25) is 0 Å². The highest BCUT2D eigenvalue weighted by atomic mass is 19.4. The van der Waals surface area contributed by atoms with Gasteiger partial charge in [-0.25, -0.2) is 0 Å². The molecule has 5 heteroatoms. The Hall–Kier alpha value is -1.07. The van der Waals surface area contributed by atoms with Crippen LogP contribution in [-0.4, -0.2) is 18.8 Å². The van der Waals surface area contributed by atoms with Crippen molar-refractivity contribution in [3.63, 3.8) is 0 Å². The van der Waals surface area contributed by atoms with Crippen LogP contribution in [0.25, 0.3) is 0 Å². The first-order chi connectivity index (χ1) is 8.16. The van der Waals surface area contributed by atoms with E-state index in [2.05, 4.69) is 0 Å². The summed E-state index contributed by atoms with van der Waals surface area (Å²) in [6.45, 7) is 3.70. The minimum atomic E-state index is -4.30. The molecule has 1 aromatic rings. The van der Waals surface area contributed by atoms with Gasteiger partial charge in [0.15, 0.2) is 0 Å². The van der Waals surface area contributed by atoms with Crippen LogP contribution in [0.3, 0.4) is 0 Å². The van der Waals surface area contributed by atoms with E-state index in [9.17, 15) is 13.2 Å². The quantitative estimate of drug-likeness (QED) is 0.904. The maximum Gasteiger partial charge on any atom is 0.416 e. The minimum absolute atomic E-state index is 0.278. The highest BCUT2D eigenvalue weighted by molar-refractivity contribution is 5.25. The van der Waals surface area contributed by atoms with Gasteiger partial charge in [0.1, 0.15) is 0 Å². The second-order valence-corrected chi connectivity index (χ2v) is 4.81. The minimum Gasteiger partial charge on any atom is -0.377 e. The molecule has 1 rings (SSSR count). The molecule has 0 bridgehead atoms. The van der Waals surface area contributed by atoms with Crippen molar-refractivity contribution in [2.45, 2.75) is 38.1 Å². The molecule has 0 aliphatic rings. The second kappa shape index (κ2) is 5.28. The lowest BCUT2D eigenvalue weighted by molar-refractivity contribution is -0.137. The standard InChI is InChI=1S/C13H18F3NO/c1-12(2,18-3)11(17)8-9-4-6-10(7-5-9)13(14,15)16/h4-7,11H,8,17H2,1-3H3. The van der Waals surface area contributed by atoms with Gasteiger partial charge >= 0.3 is 6.18 Å². The lowest BCUT2D eigenvalue weighted by Crippen LogP contribution is -2.46. The fraction of sp³-hybridized carbons (Fsp3) is 0.538. The second-order valence-electron chi connectivity index (χ2n) is 4.81. The number of hydrogen-bond donors (Lipinski definition) is 1. The molecule has 0 aliphatic carbocycles. The Balaban J connectivity index is 2.76. The van der Waals surface area contributed by atoms with E-state index in [0.717, 1.165) is 17.7 Å². The zero-order chi connectivity index (χ0) is 14.0. The molecule has 0 aliphatic heterocycles. The highest BCUT2D eigenvalue weighted by Crippen LogP contribution is 2.29. The summed E-state index contributed by atoms with van der Waals surface area (Å²) in [7, 11) is 1.56. The van der Waals surface area contributed by atoms with Crippen LogP contribution in [0, 0.1) is 0 Å². The molecule has 2 nitrogen and oxygen atoms in total. The molecule has 0 saturated carbocycles. The fourth-order valence-corrected chi connectivity index (χ4v) is 1.48. The van der Waals surface area contributed by atoms with Crippen LogP contribution in [-0.2, 0) is 17.3 Å². The van der Waals surface area contributed by atoms with E-state index in [1.807, 2.05) is 13.8 Å². The largest absolute Gasteiger partial charge is 0.416 e. The van der Waals surface area contributed by atoms with E-state index in [1.165, 1.54) is 12.1 Å². The zero-order valence-corrected chi connectivity index (χ0v) is 10.7. The molecule has 0 fully saturated rings. The Bertz CT molecular complexity index is 384. The summed E-state index contributed by atoms with van der Waals surface area (Å²) >= 11 is 0. The van der Waals surface area contributed by atoms with Crippen molar-refractivity contribution >= 4 is 0 Å². The molecule has 102 valence electrons. The summed E-state index contributed by atoms with van der Waals surface area (Å²) in [5.41, 5.74) is 5.58. The van der Waals surface area contributed by atoms with Crippen LogP contribution in [0.1, 0.15) is 25.0 Å². The fourth-order valence-electron chi connectivity index (χ4n) is 1.48. The van der Waals surface area contributed by atoms with Gasteiger partial charge in [0.2, 0.25) is 0 Å². The van der Waals surface area contributed by atoms with Crippen molar-refractivity contribution in [1.82, 2.24) is 0 Å². The van der Waals surface area contributed by atoms with Gasteiger partial charge in [-0.1, -0.05) is 12.1 Å². The Morgan fingerprint density at radius 3 is 2.06 bits per heavy atom. The predicted octanol–water partition coefficient (Wildman–Crippen LogP) is 3.00. The van der Waals surface area contributed by atoms with Crippen LogP contribution >= 0.6 is 0 Å². The van der Waals surface area contributed by atoms with Crippen LogP contribution in [0.4, 0.5) is 13.2 Å². The maximum absolute atomic E-state index is 12.4. The number of ether oxygens (including phenoxy) is 1. The molecule has 0 heterocycles. The molecule has 0 amide bonds. The number of methoxy groups -OCH3 is 1. The van der Waals surface area contributed by atoms with Crippen molar-refractivity contribution in [1.29, 1.82) is 0 Å². The van der Waals surface area contributed by atoms with Crippen LogP contribution in [0.5, 0.6) is 0 Å². The number of halogens is 3. The third-order valence-electron chi connectivity index (χ3n) is 3.16. The molecule has 1 aromatic carbocycles. The van der Waals surface area contributed by atoms with Gasteiger partial charge in [0.05, 0.1) is 11.2 Å². The molecule has 0 saturated heterocycles. The lowest BCUT2D eigenvalue weighted by atomic mass is 9.93. The average Bonchev–Trinajstić information content (AvgIpc) is 2.28. The summed E-state index contributed by atoms with van der Waals surface area (Å²) in [5.74, 6) is 0. The van der Waals surface area contributed by atoms with Gasteiger partial charge in [-0.2, -0.15) is 13.2 Å². The van der Waals surface area contributed by atoms with Crippen LogP contribution in [0.15, 0.2) is 24.3 Å². The topological polar surface area (TPSA) is 35.2 Å². The highest BCUT2D eigenvalue weighted by Gasteiger charge is 2.30. The van der Waals surface area contributed by atoms with E-state index >= 15 is 0 Å². The molecule has 18 heavy (non-hydrogen) atoms. The molecule has 0 radical (unpaired) electrons. The van der Waals surface area contributed by atoms with Gasteiger partial charge in [-0.15, -0.1) is 0 Å². The predicted molar refractivity (Wildman–Crippen MR) is 64.2 cm³/mol. The Morgan fingerprint density at radius 2 is 1.67 bits per heavy atom. The number of hydrogen-bond acceptors (Lipinski definition) is 2. The first-order valence-electron chi connectivity index (χ1n) is 5.63. The molecule has 2 N–H and O–H groups in total. The molecular weight excluding hydrogens is 243 g/mol. The Labute approximate surface area is 105 Å². The van der Waals surface area contributed by atoms with Gasteiger partial charge in [0, 0.05) is 13.2 Å². The molecule has 1 atom stereocenters. The summed E-state index contributed by atoms with van der Waals surface area (Å²) in [4.78, 5) is 0. The van der Waals surface area contributed by atoms with Crippen LogP contribution in [0.2, 0.25) is 0 Å². The van der Waals surface area contributed by atoms with E-state index in [-0.39, 0.29) is 6.04 Å². The summed E-state index contributed by atoms with van der Waals surface area (Å²) in [6.07, 6.45) is -3.83. The smallest absolute Gasteiger partial charge is 0.377 e. The van der Waals surface area contributed by atoms with Gasteiger partial charge < -0.3 is 10.5 Å². The first kappa shape index (κ1) is 15.0. The van der Waals surface area contributed by atoms with Crippen molar-refractivity contribution in [3.05, 3.63) is 35.4 Å². The van der Waals surface area contributed by atoms with Crippen molar-refractivity contribution in [2.24, 2.45) is 5.73 Å². The van der Waals surface area contributed by atoms with Crippen molar-refractivity contribution in [3.8, 4) is 0 Å². The van der Waals surface area contributed by atoms with Crippen LogP contribution < -0.4 is 5.73 Å². The van der Waals surface area contributed by atoms with Gasteiger partial charge in [0.25, 0.3) is 0 Å². The molecular formula is C13H18F3NO. The summed E-state index contributed by atoms with van der Waals surface area (Å²) in [5, 5.41) is 0. The Kier molecular flexibility index (Phi) is 4.40. The van der Waals surface area contributed by atoms with Gasteiger partial charge in [-0.05, 0) is 38.0 Å². The maximum atomic E-state index is 12.4. The van der Waals surface area contributed by atoms with Crippen molar-refractivity contribution in [2.75, 3.05) is 7.11 Å². The summed E-state index contributed by atoms with van der Waals surface area (Å²) in [6, 6.07) is 4.77. The van der Waals surface area contributed by atoms with E-state index in [1.54, 1.807) is 7.11 Å². The number of benzene rings is 1. The molecule has 0 aromatic heterocycles. The third kappa shape index (κ3) is 3.71. The Morgan fingerprint density at radius 1 is 1.17 bits per heavy atom. The zero-order valence-electron chi connectivity index (χ0n) is 10.7. The first-order valence-corrected chi connectivity index (χ1v) is 5.63. The number of nitrogens with two attached hydrogens (primary N) is 1. The average molecular weight is 261 g/mol. The van der Waals surface area contributed by atoms with Crippen molar-refractivity contribution < 1.29 is 17.9 Å². The normalized spacial score (nSPS) is 14.6.